The summed E-state index contributed by atoms with van der Waals surface area (Å²) in [6.07, 6.45) is -0.860. The molecular formula is C24H30F3N3O3S. The Morgan fingerprint density at radius 2 is 2.00 bits per heavy atom. The van der Waals surface area contributed by atoms with Crippen molar-refractivity contribution in [1.29, 1.82) is 0 Å². The fraction of sp³-hybridized carbons (Fsp3) is 0.583. The van der Waals surface area contributed by atoms with E-state index in [1.165, 1.54) is 17.4 Å². The number of halogens is 3. The Morgan fingerprint density at radius 3 is 2.59 bits per heavy atom. The van der Waals surface area contributed by atoms with Crippen LogP contribution < -0.4 is 9.54 Å². The van der Waals surface area contributed by atoms with Crippen molar-refractivity contribution in [2.24, 2.45) is 4.99 Å². The monoisotopic (exact) mass is 497 g/mol. The molecule has 0 unspecified atom stereocenters. The maximum atomic E-state index is 13.4. The highest BCUT2D eigenvalue weighted by atomic mass is 32.1. The minimum absolute atomic E-state index is 0.0273. The molecule has 2 aromatic rings. The van der Waals surface area contributed by atoms with Gasteiger partial charge in [0.15, 0.2) is 4.80 Å². The lowest BCUT2D eigenvalue weighted by molar-refractivity contribution is -0.137. The summed E-state index contributed by atoms with van der Waals surface area (Å²) in [7, 11) is 1.92. The third-order valence-corrected chi connectivity index (χ3v) is 7.39. The number of carbonyl (C=O) groups excluding carboxylic acids is 1. The maximum absolute atomic E-state index is 13.4. The van der Waals surface area contributed by atoms with E-state index in [0.29, 0.717) is 31.0 Å². The van der Waals surface area contributed by atoms with Gasteiger partial charge in [-0.3, -0.25) is 9.69 Å². The lowest BCUT2D eigenvalue weighted by Gasteiger charge is -2.36. The van der Waals surface area contributed by atoms with Crippen molar-refractivity contribution < 1.29 is 27.4 Å². The number of alkyl halides is 3. The zero-order chi connectivity index (χ0) is 24.7. The number of aromatic nitrogens is 1. The molecule has 0 saturated carbocycles. The van der Waals surface area contributed by atoms with Crippen LogP contribution >= 0.6 is 11.3 Å². The molecule has 0 radical (unpaired) electrons. The molecule has 2 aliphatic heterocycles. The first-order chi connectivity index (χ1) is 15.9. The summed E-state index contributed by atoms with van der Waals surface area (Å²) >= 11 is 1.37. The predicted octanol–water partition coefficient (Wildman–Crippen LogP) is 4.48. The van der Waals surface area contributed by atoms with E-state index in [1.807, 2.05) is 22.7 Å². The van der Waals surface area contributed by atoms with E-state index in [0.717, 1.165) is 29.9 Å². The number of nitrogens with zero attached hydrogens (tertiary/aromatic N) is 3. The van der Waals surface area contributed by atoms with Gasteiger partial charge in [0.25, 0.3) is 5.91 Å². The summed E-state index contributed by atoms with van der Waals surface area (Å²) in [5.41, 5.74) is -1.25. The van der Waals surface area contributed by atoms with Crippen LogP contribution in [0.4, 0.5) is 13.2 Å². The van der Waals surface area contributed by atoms with E-state index in [9.17, 15) is 18.0 Å². The largest absolute Gasteiger partial charge is 0.487 e. The van der Waals surface area contributed by atoms with Gasteiger partial charge in [-0.1, -0.05) is 20.8 Å². The standard InChI is InChI=1S/C24H30F3N3O3S/c1-23(2,3)20-14-30(13-16-6-5-9-32-16)22(34-20)28-21(31)18-10-15(24(25,26)27)7-8-19(18)33-17-11-29(4)12-17/h7-8,10,14,16-17H,5-6,9,11-13H2,1-4H3/t16-/m1/s1. The van der Waals surface area contributed by atoms with Crippen LogP contribution in [0.15, 0.2) is 29.4 Å². The Balaban J connectivity index is 1.72. The Kier molecular flexibility index (Phi) is 6.94. The number of ether oxygens (including phenoxy) is 2. The first-order valence-electron chi connectivity index (χ1n) is 11.4. The molecular weight excluding hydrogens is 467 g/mol. The number of hydrogen-bond acceptors (Lipinski definition) is 5. The van der Waals surface area contributed by atoms with Gasteiger partial charge in [0.05, 0.1) is 23.8 Å². The first kappa shape index (κ1) is 24.9. The molecule has 0 aliphatic carbocycles. The van der Waals surface area contributed by atoms with Gasteiger partial charge in [-0.25, -0.2) is 0 Å². The van der Waals surface area contributed by atoms with E-state index in [-0.39, 0.29) is 28.9 Å². The van der Waals surface area contributed by atoms with Crippen LogP contribution in [0.5, 0.6) is 5.75 Å². The van der Waals surface area contributed by atoms with Crippen LogP contribution in [-0.2, 0) is 22.9 Å². The summed E-state index contributed by atoms with van der Waals surface area (Å²) in [6.45, 7) is 8.73. The molecule has 3 heterocycles. The van der Waals surface area contributed by atoms with Gasteiger partial charge in [0.1, 0.15) is 11.9 Å². The summed E-state index contributed by atoms with van der Waals surface area (Å²) in [6, 6.07) is 3.00. The number of rotatable bonds is 5. The summed E-state index contributed by atoms with van der Waals surface area (Å²) in [4.78, 5) is 21.0. The zero-order valence-electron chi connectivity index (χ0n) is 19.8. The smallest absolute Gasteiger partial charge is 0.416 e. The second-order valence-electron chi connectivity index (χ2n) is 10.0. The molecule has 1 atom stereocenters. The molecule has 0 bridgehead atoms. The van der Waals surface area contributed by atoms with Crippen molar-refractivity contribution in [3.05, 3.63) is 45.2 Å². The van der Waals surface area contributed by atoms with E-state index >= 15 is 0 Å². The van der Waals surface area contributed by atoms with Gasteiger partial charge >= 0.3 is 6.18 Å². The van der Waals surface area contributed by atoms with Crippen molar-refractivity contribution >= 4 is 17.2 Å². The minimum Gasteiger partial charge on any atom is -0.487 e. The second kappa shape index (κ2) is 9.47. The predicted molar refractivity (Wildman–Crippen MR) is 123 cm³/mol. The molecule has 2 saturated heterocycles. The Morgan fingerprint density at radius 1 is 1.26 bits per heavy atom. The maximum Gasteiger partial charge on any atom is 0.416 e. The third-order valence-electron chi connectivity index (χ3n) is 5.94. The third kappa shape index (κ3) is 5.72. The van der Waals surface area contributed by atoms with Crippen LogP contribution in [0.2, 0.25) is 0 Å². The normalized spacial score (nSPS) is 20.6. The number of hydrogen-bond donors (Lipinski definition) is 0. The van der Waals surface area contributed by atoms with E-state index in [4.69, 9.17) is 9.47 Å². The number of amides is 1. The summed E-state index contributed by atoms with van der Waals surface area (Å²) < 4.78 is 53.7. The fourth-order valence-corrected chi connectivity index (χ4v) is 5.03. The highest BCUT2D eigenvalue weighted by Gasteiger charge is 2.33. The SMILES string of the molecule is CN1CC(Oc2ccc(C(F)(F)F)cc2C(=O)N=c2sc(C(C)(C)C)cn2C[C@H]2CCCO2)C1. The molecule has 10 heteroatoms. The fourth-order valence-electron chi connectivity index (χ4n) is 3.97. The average molecular weight is 498 g/mol. The quantitative estimate of drug-likeness (QED) is 0.611. The topological polar surface area (TPSA) is 56.1 Å². The lowest BCUT2D eigenvalue weighted by atomic mass is 9.95. The Hall–Kier alpha value is -2.17. The van der Waals surface area contributed by atoms with Crippen molar-refractivity contribution in [3.63, 3.8) is 0 Å². The Labute approximate surface area is 201 Å². The molecule has 1 amide bonds. The van der Waals surface area contributed by atoms with Gasteiger partial charge in [0.2, 0.25) is 0 Å². The molecule has 6 nitrogen and oxygen atoms in total. The van der Waals surface area contributed by atoms with Crippen molar-refractivity contribution in [2.75, 3.05) is 26.7 Å². The Bertz CT molecular complexity index is 1110. The van der Waals surface area contributed by atoms with Crippen LogP contribution in [0.25, 0.3) is 0 Å². The van der Waals surface area contributed by atoms with E-state index < -0.39 is 17.6 Å². The number of likely N-dealkylation sites (N-methyl/N-ethyl adjacent to an activating group) is 1. The molecule has 2 aliphatic rings. The summed E-state index contributed by atoms with van der Waals surface area (Å²) in [5.74, 6) is -0.629. The lowest BCUT2D eigenvalue weighted by Crippen LogP contribution is -2.51. The minimum atomic E-state index is -4.58. The van der Waals surface area contributed by atoms with Gasteiger partial charge in [-0.05, 0) is 43.5 Å². The first-order valence-corrected chi connectivity index (χ1v) is 12.2. The van der Waals surface area contributed by atoms with E-state index in [1.54, 1.807) is 0 Å². The van der Waals surface area contributed by atoms with Crippen molar-refractivity contribution in [1.82, 2.24) is 9.47 Å². The highest BCUT2D eigenvalue weighted by molar-refractivity contribution is 7.09. The number of benzene rings is 1. The van der Waals surface area contributed by atoms with E-state index in [2.05, 4.69) is 25.8 Å². The van der Waals surface area contributed by atoms with Gasteiger partial charge < -0.3 is 14.0 Å². The molecule has 2 fully saturated rings. The molecule has 1 aromatic carbocycles. The number of likely N-dealkylation sites (tertiary alicyclic amines) is 1. The van der Waals surface area contributed by atoms with Crippen molar-refractivity contribution in [2.45, 2.75) is 64.0 Å². The number of thiazole rings is 1. The zero-order valence-corrected chi connectivity index (χ0v) is 20.6. The second-order valence-corrected chi connectivity index (χ2v) is 11.0. The highest BCUT2D eigenvalue weighted by Crippen LogP contribution is 2.34. The summed E-state index contributed by atoms with van der Waals surface area (Å²) in [5, 5.41) is 0. The number of carbonyl (C=O) groups is 1. The van der Waals surface area contributed by atoms with Gasteiger partial charge in [-0.15, -0.1) is 11.3 Å². The van der Waals surface area contributed by atoms with Gasteiger partial charge in [-0.2, -0.15) is 18.2 Å². The molecule has 0 spiro atoms. The van der Waals surface area contributed by atoms with Crippen molar-refractivity contribution in [3.8, 4) is 5.75 Å². The van der Waals surface area contributed by atoms with Crippen LogP contribution in [0.3, 0.4) is 0 Å². The molecule has 4 rings (SSSR count). The average Bonchev–Trinajstić information content (AvgIpc) is 3.36. The van der Waals surface area contributed by atoms with Crippen LogP contribution in [-0.4, -0.2) is 54.3 Å². The van der Waals surface area contributed by atoms with Crippen LogP contribution in [0, 0.1) is 0 Å². The molecule has 1 aromatic heterocycles. The molecule has 0 N–H and O–H groups in total. The van der Waals surface area contributed by atoms with Gasteiger partial charge in [0, 0.05) is 30.8 Å². The molecule has 186 valence electrons. The molecule has 34 heavy (non-hydrogen) atoms. The van der Waals surface area contributed by atoms with Crippen LogP contribution in [0.1, 0.15) is 54.4 Å².